The highest BCUT2D eigenvalue weighted by molar-refractivity contribution is 5.85. The van der Waals surface area contributed by atoms with Gasteiger partial charge in [-0.15, -0.1) is 12.4 Å². The van der Waals surface area contributed by atoms with Crippen LogP contribution in [0.5, 0.6) is 5.75 Å². The predicted octanol–water partition coefficient (Wildman–Crippen LogP) is 3.13. The number of ether oxygens (including phenoxy) is 1. The molecule has 1 heterocycles. The molecule has 1 aromatic carbocycles. The van der Waals surface area contributed by atoms with Crippen molar-refractivity contribution in [3.8, 4) is 17.0 Å². The lowest BCUT2D eigenvalue weighted by molar-refractivity contribution is 0.411. The van der Waals surface area contributed by atoms with Crippen molar-refractivity contribution in [1.82, 2.24) is 4.98 Å². The summed E-state index contributed by atoms with van der Waals surface area (Å²) in [5.41, 5.74) is 8.41. The van der Waals surface area contributed by atoms with E-state index in [-0.39, 0.29) is 24.3 Å². The Morgan fingerprint density at radius 1 is 1.30 bits per heavy atom. The van der Waals surface area contributed by atoms with Gasteiger partial charge in [-0.25, -0.2) is 4.39 Å². The highest BCUT2D eigenvalue weighted by atomic mass is 35.5. The van der Waals surface area contributed by atoms with Gasteiger partial charge in [0.05, 0.1) is 12.8 Å². The van der Waals surface area contributed by atoms with Gasteiger partial charge in [0.25, 0.3) is 0 Å². The van der Waals surface area contributed by atoms with Crippen LogP contribution in [0.25, 0.3) is 11.3 Å². The quantitative estimate of drug-likeness (QED) is 0.946. The number of benzene rings is 1. The van der Waals surface area contributed by atoms with Gasteiger partial charge in [0.2, 0.25) is 0 Å². The van der Waals surface area contributed by atoms with E-state index in [0.29, 0.717) is 17.2 Å². The molecular formula is C15H16ClFN2O. The zero-order valence-electron chi connectivity index (χ0n) is 11.0. The Kier molecular flexibility index (Phi) is 4.26. The highest BCUT2D eigenvalue weighted by Crippen LogP contribution is 2.39. The Morgan fingerprint density at radius 3 is 2.60 bits per heavy atom. The predicted molar refractivity (Wildman–Crippen MR) is 78.8 cm³/mol. The summed E-state index contributed by atoms with van der Waals surface area (Å²) in [6, 6.07) is 8.75. The number of rotatable bonds is 3. The van der Waals surface area contributed by atoms with Crippen LogP contribution in [0.1, 0.15) is 17.9 Å². The van der Waals surface area contributed by atoms with Gasteiger partial charge in [-0.05, 0) is 30.2 Å². The molecule has 1 aliphatic carbocycles. The number of pyridine rings is 1. The van der Waals surface area contributed by atoms with Crippen LogP contribution in [-0.4, -0.2) is 18.1 Å². The molecule has 2 atom stereocenters. The summed E-state index contributed by atoms with van der Waals surface area (Å²) >= 11 is 0. The SMILES string of the molecule is COc1cc(F)cc(-c2ccc([C@@H]3C[C@H]3N)cn2)c1.Cl. The molecule has 5 heteroatoms. The van der Waals surface area contributed by atoms with Gasteiger partial charge in [-0.2, -0.15) is 0 Å². The normalized spacial score (nSPS) is 20.1. The third kappa shape index (κ3) is 2.92. The number of methoxy groups -OCH3 is 1. The average Bonchev–Trinajstić information content (AvgIpc) is 3.15. The van der Waals surface area contributed by atoms with Crippen molar-refractivity contribution >= 4 is 12.4 Å². The fourth-order valence-corrected chi connectivity index (χ4v) is 2.22. The van der Waals surface area contributed by atoms with E-state index in [0.717, 1.165) is 17.7 Å². The lowest BCUT2D eigenvalue weighted by atomic mass is 10.1. The van der Waals surface area contributed by atoms with E-state index in [4.69, 9.17) is 10.5 Å². The zero-order valence-corrected chi connectivity index (χ0v) is 11.9. The van der Waals surface area contributed by atoms with E-state index in [1.165, 1.54) is 19.2 Å². The first kappa shape index (κ1) is 14.8. The van der Waals surface area contributed by atoms with Crippen LogP contribution < -0.4 is 10.5 Å². The topological polar surface area (TPSA) is 48.1 Å². The van der Waals surface area contributed by atoms with Crippen LogP contribution in [0, 0.1) is 5.82 Å². The van der Waals surface area contributed by atoms with Gasteiger partial charge in [0.1, 0.15) is 11.6 Å². The number of hydrogen-bond acceptors (Lipinski definition) is 3. The smallest absolute Gasteiger partial charge is 0.127 e. The molecule has 1 fully saturated rings. The Labute approximate surface area is 123 Å². The summed E-state index contributed by atoms with van der Waals surface area (Å²) in [5.74, 6) is 0.595. The summed E-state index contributed by atoms with van der Waals surface area (Å²) in [6.45, 7) is 0. The molecule has 1 aromatic heterocycles. The number of aromatic nitrogens is 1. The molecule has 1 saturated carbocycles. The van der Waals surface area contributed by atoms with E-state index in [1.54, 1.807) is 6.07 Å². The first-order valence-corrected chi connectivity index (χ1v) is 6.24. The molecule has 0 radical (unpaired) electrons. The maximum atomic E-state index is 13.4. The first-order chi connectivity index (χ1) is 9.17. The molecule has 2 aromatic rings. The number of hydrogen-bond donors (Lipinski definition) is 1. The fraction of sp³-hybridized carbons (Fsp3) is 0.267. The first-order valence-electron chi connectivity index (χ1n) is 6.24. The second-order valence-electron chi connectivity index (χ2n) is 4.86. The van der Waals surface area contributed by atoms with Crippen molar-refractivity contribution in [1.29, 1.82) is 0 Å². The standard InChI is InChI=1S/C15H15FN2O.ClH/c1-19-12-5-10(4-11(16)6-12)15-3-2-9(8-18-15)13-7-14(13)17;/h2-6,8,13-14H,7,17H2,1H3;1H/t13-,14+;/m0./s1. The van der Waals surface area contributed by atoms with E-state index >= 15 is 0 Å². The maximum absolute atomic E-state index is 13.4. The minimum Gasteiger partial charge on any atom is -0.497 e. The van der Waals surface area contributed by atoms with Crippen LogP contribution in [0.15, 0.2) is 36.5 Å². The van der Waals surface area contributed by atoms with Gasteiger partial charge in [0.15, 0.2) is 0 Å². The average molecular weight is 295 g/mol. The number of nitrogens with two attached hydrogens (primary N) is 1. The van der Waals surface area contributed by atoms with Crippen molar-refractivity contribution < 1.29 is 9.13 Å². The largest absolute Gasteiger partial charge is 0.497 e. The summed E-state index contributed by atoms with van der Waals surface area (Å²) in [5, 5.41) is 0. The molecule has 0 spiro atoms. The minimum atomic E-state index is -0.329. The van der Waals surface area contributed by atoms with Crippen LogP contribution in [0.2, 0.25) is 0 Å². The highest BCUT2D eigenvalue weighted by Gasteiger charge is 2.34. The number of nitrogens with zero attached hydrogens (tertiary/aromatic N) is 1. The summed E-state index contributed by atoms with van der Waals surface area (Å²) in [4.78, 5) is 4.38. The molecule has 3 nitrogen and oxygen atoms in total. The molecule has 106 valence electrons. The van der Waals surface area contributed by atoms with Gasteiger partial charge in [0, 0.05) is 29.8 Å². The lowest BCUT2D eigenvalue weighted by Gasteiger charge is -2.06. The molecule has 20 heavy (non-hydrogen) atoms. The van der Waals surface area contributed by atoms with Gasteiger partial charge < -0.3 is 10.5 Å². The molecule has 0 saturated heterocycles. The number of halogens is 2. The van der Waals surface area contributed by atoms with Crippen molar-refractivity contribution in [3.05, 3.63) is 47.9 Å². The van der Waals surface area contributed by atoms with E-state index in [2.05, 4.69) is 4.98 Å². The minimum absolute atomic E-state index is 0. The van der Waals surface area contributed by atoms with E-state index in [9.17, 15) is 4.39 Å². The molecule has 2 N–H and O–H groups in total. The fourth-order valence-electron chi connectivity index (χ4n) is 2.22. The molecule has 1 aliphatic rings. The third-order valence-corrected chi connectivity index (χ3v) is 3.46. The second kappa shape index (κ2) is 5.77. The van der Waals surface area contributed by atoms with Crippen LogP contribution in [0.4, 0.5) is 4.39 Å². The van der Waals surface area contributed by atoms with Crippen LogP contribution in [0.3, 0.4) is 0 Å². The van der Waals surface area contributed by atoms with Crippen molar-refractivity contribution in [2.75, 3.05) is 7.11 Å². The molecule has 0 unspecified atom stereocenters. The molecular weight excluding hydrogens is 279 g/mol. The molecule has 0 bridgehead atoms. The molecule has 0 aliphatic heterocycles. The monoisotopic (exact) mass is 294 g/mol. The Balaban J connectivity index is 0.00000147. The lowest BCUT2D eigenvalue weighted by Crippen LogP contribution is -2.01. The van der Waals surface area contributed by atoms with Gasteiger partial charge >= 0.3 is 0 Å². The molecule has 3 rings (SSSR count). The summed E-state index contributed by atoms with van der Waals surface area (Å²) < 4.78 is 18.5. The second-order valence-corrected chi connectivity index (χ2v) is 4.86. The third-order valence-electron chi connectivity index (χ3n) is 3.46. The van der Waals surface area contributed by atoms with Crippen molar-refractivity contribution in [2.45, 2.75) is 18.4 Å². The van der Waals surface area contributed by atoms with E-state index in [1.807, 2.05) is 18.3 Å². The summed E-state index contributed by atoms with van der Waals surface area (Å²) in [7, 11) is 1.52. The van der Waals surface area contributed by atoms with Gasteiger partial charge in [-0.1, -0.05) is 6.07 Å². The van der Waals surface area contributed by atoms with Gasteiger partial charge in [-0.3, -0.25) is 4.98 Å². The summed E-state index contributed by atoms with van der Waals surface area (Å²) in [6.07, 6.45) is 2.85. The van der Waals surface area contributed by atoms with E-state index < -0.39 is 0 Å². The van der Waals surface area contributed by atoms with Crippen LogP contribution in [-0.2, 0) is 0 Å². The Morgan fingerprint density at radius 2 is 2.05 bits per heavy atom. The van der Waals surface area contributed by atoms with Crippen molar-refractivity contribution in [2.24, 2.45) is 5.73 Å². The Bertz CT molecular complexity index is 603. The maximum Gasteiger partial charge on any atom is 0.127 e. The van der Waals surface area contributed by atoms with Crippen LogP contribution >= 0.6 is 12.4 Å². The van der Waals surface area contributed by atoms with Crippen molar-refractivity contribution in [3.63, 3.8) is 0 Å². The zero-order chi connectivity index (χ0) is 13.4. The molecule has 0 amide bonds. The Hall–Kier alpha value is -1.65.